The molecule has 2 rings (SSSR count). The van der Waals surface area contributed by atoms with E-state index in [2.05, 4.69) is 10.0 Å². The zero-order valence-corrected chi connectivity index (χ0v) is 17.3. The number of rotatable bonds is 7. The Labute approximate surface area is 162 Å². The van der Waals surface area contributed by atoms with Crippen LogP contribution >= 0.6 is 0 Å². The molecule has 0 spiro atoms. The third-order valence-corrected chi connectivity index (χ3v) is 6.03. The number of amides is 1. The predicted molar refractivity (Wildman–Crippen MR) is 108 cm³/mol. The van der Waals surface area contributed by atoms with E-state index in [-0.39, 0.29) is 22.8 Å². The van der Waals surface area contributed by atoms with E-state index in [4.69, 9.17) is 0 Å². The summed E-state index contributed by atoms with van der Waals surface area (Å²) in [5, 5.41) is 2.94. The van der Waals surface area contributed by atoms with Gasteiger partial charge in [-0.25, -0.2) is 8.42 Å². The van der Waals surface area contributed by atoms with Crippen molar-refractivity contribution in [2.24, 2.45) is 5.92 Å². The van der Waals surface area contributed by atoms with Gasteiger partial charge in [-0.1, -0.05) is 55.8 Å². The van der Waals surface area contributed by atoms with Gasteiger partial charge in [-0.15, -0.1) is 0 Å². The Kier molecular flexibility index (Phi) is 6.78. The molecule has 0 aromatic heterocycles. The van der Waals surface area contributed by atoms with Gasteiger partial charge in [-0.3, -0.25) is 4.79 Å². The molecule has 0 saturated carbocycles. The molecule has 2 atom stereocenters. The largest absolute Gasteiger partial charge is 0.348 e. The van der Waals surface area contributed by atoms with Crippen LogP contribution in [-0.4, -0.2) is 20.4 Å². The van der Waals surface area contributed by atoms with Crippen LogP contribution < -0.4 is 10.0 Å². The molecule has 2 aromatic carbocycles. The second kappa shape index (κ2) is 8.67. The van der Waals surface area contributed by atoms with Gasteiger partial charge in [-0.2, -0.15) is 4.72 Å². The van der Waals surface area contributed by atoms with Gasteiger partial charge in [0.05, 0.1) is 10.9 Å². The summed E-state index contributed by atoms with van der Waals surface area (Å²) in [5.41, 5.74) is 3.06. The van der Waals surface area contributed by atoms with Crippen LogP contribution in [-0.2, 0) is 14.8 Å². The number of carbonyl (C=O) groups excluding carboxylic acids is 1. The molecule has 0 aliphatic carbocycles. The summed E-state index contributed by atoms with van der Waals surface area (Å²) in [6.45, 7) is 9.41. The maximum atomic E-state index is 12.8. The van der Waals surface area contributed by atoms with Crippen LogP contribution in [0.5, 0.6) is 0 Å². The molecule has 1 amide bonds. The minimum absolute atomic E-state index is 0.151. The van der Waals surface area contributed by atoms with E-state index in [1.54, 1.807) is 24.3 Å². The van der Waals surface area contributed by atoms with Crippen molar-refractivity contribution >= 4 is 15.9 Å². The second-order valence-electron chi connectivity index (χ2n) is 7.24. The molecule has 2 N–H and O–H groups in total. The highest BCUT2D eigenvalue weighted by atomic mass is 32.2. The normalized spacial score (nSPS) is 14.0. The first-order chi connectivity index (χ1) is 12.6. The Bertz CT molecular complexity index is 890. The van der Waals surface area contributed by atoms with E-state index in [0.717, 1.165) is 16.7 Å². The third-order valence-electron chi connectivity index (χ3n) is 4.58. The van der Waals surface area contributed by atoms with Crippen LogP contribution in [0.2, 0.25) is 0 Å². The fourth-order valence-corrected chi connectivity index (χ4v) is 4.24. The molecule has 0 aliphatic heterocycles. The zero-order valence-electron chi connectivity index (χ0n) is 16.5. The monoisotopic (exact) mass is 388 g/mol. The van der Waals surface area contributed by atoms with Crippen LogP contribution in [0, 0.1) is 19.8 Å². The van der Waals surface area contributed by atoms with Crippen molar-refractivity contribution in [2.75, 3.05) is 0 Å². The van der Waals surface area contributed by atoms with Crippen LogP contribution in [0.25, 0.3) is 0 Å². The standard InChI is InChI=1S/C21H28N2O3S/c1-14(2)20(23-27(25,26)18-12-10-15(3)11-13-18)21(24)22-17(5)19-9-7-6-8-16(19)4/h6-14,17,20,23H,1-5H3,(H,22,24)/t17?,20-/m0/s1. The first-order valence-electron chi connectivity index (χ1n) is 9.06. The molecule has 0 bridgehead atoms. The maximum absolute atomic E-state index is 12.8. The zero-order chi connectivity index (χ0) is 20.2. The van der Waals surface area contributed by atoms with Gasteiger partial charge in [-0.05, 0) is 49.9 Å². The molecule has 0 radical (unpaired) electrons. The van der Waals surface area contributed by atoms with Crippen LogP contribution in [0.1, 0.15) is 43.5 Å². The number of carbonyl (C=O) groups is 1. The number of aryl methyl sites for hydroxylation is 2. The number of nitrogens with one attached hydrogen (secondary N) is 2. The molecule has 2 aromatic rings. The topological polar surface area (TPSA) is 75.3 Å². The van der Waals surface area contributed by atoms with Crippen molar-refractivity contribution in [3.8, 4) is 0 Å². The van der Waals surface area contributed by atoms with E-state index in [1.807, 2.05) is 58.9 Å². The fourth-order valence-electron chi connectivity index (χ4n) is 2.90. The van der Waals surface area contributed by atoms with Gasteiger partial charge >= 0.3 is 0 Å². The maximum Gasteiger partial charge on any atom is 0.241 e. The van der Waals surface area contributed by atoms with Crippen molar-refractivity contribution < 1.29 is 13.2 Å². The molecule has 1 unspecified atom stereocenters. The summed E-state index contributed by atoms with van der Waals surface area (Å²) in [4.78, 5) is 13.0. The number of benzene rings is 2. The quantitative estimate of drug-likeness (QED) is 0.762. The number of sulfonamides is 1. The van der Waals surface area contributed by atoms with Gasteiger partial charge in [0.2, 0.25) is 15.9 Å². The van der Waals surface area contributed by atoms with Crippen molar-refractivity contribution in [3.05, 3.63) is 65.2 Å². The lowest BCUT2D eigenvalue weighted by atomic mass is 10.0. The van der Waals surface area contributed by atoms with Crippen LogP contribution in [0.3, 0.4) is 0 Å². The summed E-state index contributed by atoms with van der Waals surface area (Å²) >= 11 is 0. The van der Waals surface area contributed by atoms with Gasteiger partial charge in [0, 0.05) is 0 Å². The fraction of sp³-hybridized carbons (Fsp3) is 0.381. The lowest BCUT2D eigenvalue weighted by Gasteiger charge is -2.24. The van der Waals surface area contributed by atoms with Gasteiger partial charge in [0.1, 0.15) is 6.04 Å². The van der Waals surface area contributed by atoms with Crippen LogP contribution in [0.15, 0.2) is 53.4 Å². The van der Waals surface area contributed by atoms with Crippen molar-refractivity contribution in [1.82, 2.24) is 10.0 Å². The minimum Gasteiger partial charge on any atom is -0.348 e. The average molecular weight is 389 g/mol. The molecule has 5 nitrogen and oxygen atoms in total. The van der Waals surface area contributed by atoms with E-state index in [9.17, 15) is 13.2 Å². The summed E-state index contributed by atoms with van der Waals surface area (Å²) in [6, 6.07) is 13.3. The lowest BCUT2D eigenvalue weighted by Crippen LogP contribution is -2.50. The predicted octanol–water partition coefficient (Wildman–Crippen LogP) is 3.48. The Morgan fingerprint density at radius 1 is 0.926 bits per heavy atom. The smallest absolute Gasteiger partial charge is 0.241 e. The summed E-state index contributed by atoms with van der Waals surface area (Å²) in [7, 11) is -3.79. The number of hydrogen-bond donors (Lipinski definition) is 2. The Balaban J connectivity index is 2.17. The van der Waals surface area contributed by atoms with Crippen LogP contribution in [0.4, 0.5) is 0 Å². The molecule has 0 saturated heterocycles. The molecule has 0 heterocycles. The van der Waals surface area contributed by atoms with Gasteiger partial charge < -0.3 is 5.32 Å². The van der Waals surface area contributed by atoms with Crippen molar-refractivity contribution in [1.29, 1.82) is 0 Å². The number of hydrogen-bond acceptors (Lipinski definition) is 3. The first kappa shape index (κ1) is 21.1. The molecule has 0 fully saturated rings. The van der Waals surface area contributed by atoms with Gasteiger partial charge in [0.15, 0.2) is 0 Å². The van der Waals surface area contributed by atoms with E-state index in [1.165, 1.54) is 0 Å². The highest BCUT2D eigenvalue weighted by Crippen LogP contribution is 2.18. The van der Waals surface area contributed by atoms with Gasteiger partial charge in [0.25, 0.3) is 0 Å². The molecule has 27 heavy (non-hydrogen) atoms. The molecular formula is C21H28N2O3S. The molecule has 0 aliphatic rings. The second-order valence-corrected chi connectivity index (χ2v) is 8.96. The minimum atomic E-state index is -3.79. The molecule has 6 heteroatoms. The Hall–Kier alpha value is -2.18. The van der Waals surface area contributed by atoms with Crippen molar-refractivity contribution in [2.45, 2.75) is 51.6 Å². The SMILES string of the molecule is Cc1ccc(S(=O)(=O)N[C@H](C(=O)NC(C)c2ccccc2C)C(C)C)cc1. The third kappa shape index (κ3) is 5.40. The Morgan fingerprint density at radius 2 is 1.52 bits per heavy atom. The Morgan fingerprint density at radius 3 is 2.07 bits per heavy atom. The first-order valence-corrected chi connectivity index (χ1v) is 10.5. The average Bonchev–Trinajstić information content (AvgIpc) is 2.60. The summed E-state index contributed by atoms with van der Waals surface area (Å²) in [6.07, 6.45) is 0. The highest BCUT2D eigenvalue weighted by molar-refractivity contribution is 7.89. The summed E-state index contributed by atoms with van der Waals surface area (Å²) < 4.78 is 27.9. The van der Waals surface area contributed by atoms with E-state index < -0.39 is 16.1 Å². The lowest BCUT2D eigenvalue weighted by molar-refractivity contribution is -0.124. The van der Waals surface area contributed by atoms with E-state index >= 15 is 0 Å². The molecule has 146 valence electrons. The summed E-state index contributed by atoms with van der Waals surface area (Å²) in [5.74, 6) is -0.536. The highest BCUT2D eigenvalue weighted by Gasteiger charge is 2.29. The van der Waals surface area contributed by atoms with Crippen molar-refractivity contribution in [3.63, 3.8) is 0 Å². The molecular weight excluding hydrogens is 360 g/mol. The van der Waals surface area contributed by atoms with E-state index in [0.29, 0.717) is 0 Å².